The Labute approximate surface area is 371 Å². The van der Waals surface area contributed by atoms with Crippen molar-refractivity contribution in [2.75, 3.05) is 0 Å². The summed E-state index contributed by atoms with van der Waals surface area (Å²) in [6.45, 7) is 0. The lowest BCUT2D eigenvalue weighted by molar-refractivity contribution is 1.18. The number of hydrogen-bond acceptors (Lipinski definition) is 0. The minimum Gasteiger partial charge on any atom is -0.309 e. The summed E-state index contributed by atoms with van der Waals surface area (Å²) in [5, 5.41) is 5.10. The lowest BCUT2D eigenvalue weighted by atomic mass is 9.93. The van der Waals surface area contributed by atoms with E-state index in [4.69, 9.17) is 0 Å². The first-order valence-corrected chi connectivity index (χ1v) is 22.4. The van der Waals surface area contributed by atoms with Crippen LogP contribution in [0, 0.1) is 0 Å². The maximum absolute atomic E-state index is 2.44. The van der Waals surface area contributed by atoms with Crippen molar-refractivity contribution in [2.45, 2.75) is 12.8 Å². The topological polar surface area (TPSA) is 9.86 Å². The molecule has 64 heavy (non-hydrogen) atoms. The summed E-state index contributed by atoms with van der Waals surface area (Å²) in [5.74, 6) is 0. The van der Waals surface area contributed by atoms with Crippen molar-refractivity contribution in [3.63, 3.8) is 0 Å². The number of nitrogens with zero attached hydrogens (tertiary/aromatic N) is 2. The standard InChI is InChI=1S/C62H40N2/c1-3-11-49(12-4-1)63-59-17-9-7-15-51(59)57-37-43(27-29-61(57)63)41-21-25-47-31-45-23-19-39(33-53(45)55(47)35-41)40-20-24-46-32-48-26-22-42(36-56(48)54(46)34-40)44-28-30-62-58(38-44)52-16-8-10-18-60(52)64(62)50-13-5-2-6-14-50/h1-30,33-38H,31-32H2. The van der Waals surface area contributed by atoms with E-state index in [0.29, 0.717) is 0 Å². The van der Waals surface area contributed by atoms with Crippen molar-refractivity contribution in [3.05, 3.63) is 241 Å². The highest BCUT2D eigenvalue weighted by atomic mass is 15.0. The molecule has 0 N–H and O–H groups in total. The van der Waals surface area contributed by atoms with E-state index in [1.165, 1.54) is 133 Å². The van der Waals surface area contributed by atoms with Crippen molar-refractivity contribution in [3.8, 4) is 67.0 Å². The van der Waals surface area contributed by atoms with Gasteiger partial charge in [0.15, 0.2) is 0 Å². The van der Waals surface area contributed by atoms with Crippen LogP contribution in [0.5, 0.6) is 0 Å². The third kappa shape index (κ3) is 5.33. The van der Waals surface area contributed by atoms with Gasteiger partial charge in [-0.15, -0.1) is 0 Å². The number of para-hydroxylation sites is 4. The summed E-state index contributed by atoms with van der Waals surface area (Å²) in [5.41, 5.74) is 25.8. The van der Waals surface area contributed by atoms with E-state index in [-0.39, 0.29) is 0 Å². The van der Waals surface area contributed by atoms with Gasteiger partial charge in [0.2, 0.25) is 0 Å². The zero-order chi connectivity index (χ0) is 41.9. The van der Waals surface area contributed by atoms with Crippen molar-refractivity contribution in [1.29, 1.82) is 0 Å². The Morgan fingerprint density at radius 1 is 0.234 bits per heavy atom. The smallest absolute Gasteiger partial charge is 0.0541 e. The highest BCUT2D eigenvalue weighted by Gasteiger charge is 2.24. The summed E-state index contributed by atoms with van der Waals surface area (Å²) >= 11 is 0. The Morgan fingerprint density at radius 2 is 0.531 bits per heavy atom. The molecule has 0 bridgehead atoms. The predicted octanol–water partition coefficient (Wildman–Crippen LogP) is 16.0. The minimum atomic E-state index is 0.966. The molecule has 2 aliphatic rings. The van der Waals surface area contributed by atoms with Crippen LogP contribution in [-0.4, -0.2) is 9.13 Å². The molecular weight excluding hydrogens is 773 g/mol. The molecule has 2 aliphatic carbocycles. The lowest BCUT2D eigenvalue weighted by Gasteiger charge is -2.11. The average molecular weight is 813 g/mol. The fourth-order valence-electron chi connectivity index (χ4n) is 11.1. The third-order valence-electron chi connectivity index (χ3n) is 14.2. The van der Waals surface area contributed by atoms with Crippen molar-refractivity contribution in [1.82, 2.24) is 9.13 Å². The van der Waals surface area contributed by atoms with Gasteiger partial charge in [-0.05, 0) is 176 Å². The first-order valence-electron chi connectivity index (χ1n) is 22.4. The Bertz CT molecular complexity index is 3630. The van der Waals surface area contributed by atoms with Gasteiger partial charge in [0, 0.05) is 32.9 Å². The van der Waals surface area contributed by atoms with Crippen LogP contribution in [0.2, 0.25) is 0 Å². The maximum atomic E-state index is 2.44. The SMILES string of the molecule is c1ccc(-n2c3ccccc3c3cc(-c4ccc5c(c4)-c4cc(-c6ccc7c(c6)-c6cc(-c8ccc9c(c8)c8ccccc8n9-c8ccccc8)ccc6C7)ccc4C5)ccc32)cc1. The van der Waals surface area contributed by atoms with Gasteiger partial charge in [0.1, 0.15) is 0 Å². The van der Waals surface area contributed by atoms with E-state index in [9.17, 15) is 0 Å². The molecule has 2 aromatic heterocycles. The number of hydrogen-bond donors (Lipinski definition) is 0. The fourth-order valence-corrected chi connectivity index (χ4v) is 11.1. The monoisotopic (exact) mass is 812 g/mol. The Hall–Kier alpha value is -8.20. The van der Waals surface area contributed by atoms with Crippen LogP contribution in [0.4, 0.5) is 0 Å². The molecule has 14 rings (SSSR count). The van der Waals surface area contributed by atoms with Crippen LogP contribution in [0.25, 0.3) is 111 Å². The molecule has 0 aliphatic heterocycles. The number of rotatable bonds is 5. The highest BCUT2D eigenvalue weighted by molar-refractivity contribution is 6.12. The summed E-state index contributed by atoms with van der Waals surface area (Å²) in [6.07, 6.45) is 1.93. The molecule has 0 atom stereocenters. The second kappa shape index (κ2) is 13.6. The molecule has 0 amide bonds. The van der Waals surface area contributed by atoms with E-state index >= 15 is 0 Å². The van der Waals surface area contributed by atoms with Crippen molar-refractivity contribution >= 4 is 43.6 Å². The zero-order valence-corrected chi connectivity index (χ0v) is 35.1. The van der Waals surface area contributed by atoms with E-state index in [2.05, 4.69) is 228 Å². The third-order valence-corrected chi connectivity index (χ3v) is 14.2. The van der Waals surface area contributed by atoms with Gasteiger partial charge in [-0.1, -0.05) is 133 Å². The minimum absolute atomic E-state index is 0.966. The van der Waals surface area contributed by atoms with E-state index < -0.39 is 0 Å². The molecule has 12 aromatic rings. The van der Waals surface area contributed by atoms with Gasteiger partial charge in [0.25, 0.3) is 0 Å². The number of aromatic nitrogens is 2. The largest absolute Gasteiger partial charge is 0.309 e. The first-order chi connectivity index (χ1) is 31.7. The van der Waals surface area contributed by atoms with E-state index in [0.717, 1.165) is 12.8 Å². The molecule has 0 unspecified atom stereocenters. The van der Waals surface area contributed by atoms with Gasteiger partial charge in [0.05, 0.1) is 22.1 Å². The number of benzene rings is 10. The Morgan fingerprint density at radius 3 is 0.906 bits per heavy atom. The molecule has 0 radical (unpaired) electrons. The molecule has 2 heterocycles. The van der Waals surface area contributed by atoms with Crippen molar-refractivity contribution < 1.29 is 0 Å². The van der Waals surface area contributed by atoms with Crippen LogP contribution in [0.1, 0.15) is 22.3 Å². The zero-order valence-electron chi connectivity index (χ0n) is 35.1. The molecule has 0 saturated carbocycles. The molecular formula is C62H40N2. The second-order valence-electron chi connectivity index (χ2n) is 17.7. The van der Waals surface area contributed by atoms with Crippen LogP contribution >= 0.6 is 0 Å². The normalized spacial score (nSPS) is 12.6. The molecule has 298 valence electrons. The average Bonchev–Trinajstić information content (AvgIpc) is 4.11. The lowest BCUT2D eigenvalue weighted by Crippen LogP contribution is -1.92. The van der Waals surface area contributed by atoms with Crippen LogP contribution < -0.4 is 0 Å². The molecule has 2 nitrogen and oxygen atoms in total. The van der Waals surface area contributed by atoms with Gasteiger partial charge in [-0.3, -0.25) is 0 Å². The summed E-state index contributed by atoms with van der Waals surface area (Å²) < 4.78 is 4.77. The summed E-state index contributed by atoms with van der Waals surface area (Å²) in [4.78, 5) is 0. The highest BCUT2D eigenvalue weighted by Crippen LogP contribution is 2.45. The van der Waals surface area contributed by atoms with Gasteiger partial charge in [-0.25, -0.2) is 0 Å². The molecule has 0 fully saturated rings. The van der Waals surface area contributed by atoms with Crippen molar-refractivity contribution in [2.24, 2.45) is 0 Å². The van der Waals surface area contributed by atoms with E-state index in [1.54, 1.807) is 0 Å². The van der Waals surface area contributed by atoms with Crippen LogP contribution in [0.3, 0.4) is 0 Å². The van der Waals surface area contributed by atoms with Crippen LogP contribution in [0.15, 0.2) is 218 Å². The Balaban J connectivity index is 0.813. The first kappa shape index (κ1) is 35.4. The quantitative estimate of drug-likeness (QED) is 0.164. The molecule has 2 heteroatoms. The van der Waals surface area contributed by atoms with Crippen LogP contribution in [-0.2, 0) is 12.8 Å². The molecule has 0 saturated heterocycles. The molecule has 0 spiro atoms. The fraction of sp³-hybridized carbons (Fsp3) is 0.0323. The van der Waals surface area contributed by atoms with Gasteiger partial charge >= 0.3 is 0 Å². The number of fused-ring (bicyclic) bond motifs is 12. The molecule has 10 aromatic carbocycles. The summed E-state index contributed by atoms with van der Waals surface area (Å²) in [7, 11) is 0. The second-order valence-corrected chi connectivity index (χ2v) is 17.7. The Kier molecular flexibility index (Phi) is 7.55. The van der Waals surface area contributed by atoms with Gasteiger partial charge in [-0.2, -0.15) is 0 Å². The van der Waals surface area contributed by atoms with Gasteiger partial charge < -0.3 is 9.13 Å². The summed E-state index contributed by atoms with van der Waals surface area (Å²) in [6, 6.07) is 81.4. The maximum Gasteiger partial charge on any atom is 0.0541 e. The predicted molar refractivity (Wildman–Crippen MR) is 268 cm³/mol. The van der Waals surface area contributed by atoms with E-state index in [1.807, 2.05) is 0 Å².